The Morgan fingerprint density at radius 3 is 2.92 bits per heavy atom. The van der Waals surface area contributed by atoms with Crippen LogP contribution in [-0.2, 0) is 4.79 Å². The Bertz CT molecular complexity index is 766. The van der Waals surface area contributed by atoms with E-state index >= 15 is 0 Å². The van der Waals surface area contributed by atoms with E-state index in [2.05, 4.69) is 32.1 Å². The fourth-order valence-electron chi connectivity index (χ4n) is 2.87. The fraction of sp³-hybridized carbons (Fsp3) is 0.333. The summed E-state index contributed by atoms with van der Waals surface area (Å²) in [4.78, 5) is 27.0. The smallest absolute Gasteiger partial charge is 0.298 e. The van der Waals surface area contributed by atoms with Crippen molar-refractivity contribution in [2.75, 3.05) is 18.4 Å². The van der Waals surface area contributed by atoms with Crippen molar-refractivity contribution < 1.29 is 4.79 Å². The average molecular weight is 321 g/mol. The van der Waals surface area contributed by atoms with Crippen LogP contribution < -0.4 is 5.32 Å². The van der Waals surface area contributed by atoms with Gasteiger partial charge in [-0.05, 0) is 37.8 Å². The van der Waals surface area contributed by atoms with Crippen molar-refractivity contribution in [3.63, 3.8) is 0 Å². The SMILES string of the molecule is CC#CC(=O)N1CCCC(c2nccnc2Nc2ccccn2)C1. The molecule has 0 saturated carbocycles. The van der Waals surface area contributed by atoms with E-state index in [9.17, 15) is 4.79 Å². The summed E-state index contributed by atoms with van der Waals surface area (Å²) in [5, 5.41) is 3.22. The zero-order valence-corrected chi connectivity index (χ0v) is 13.6. The van der Waals surface area contributed by atoms with E-state index in [-0.39, 0.29) is 11.8 Å². The zero-order valence-electron chi connectivity index (χ0n) is 13.6. The molecule has 24 heavy (non-hydrogen) atoms. The van der Waals surface area contributed by atoms with Crippen LogP contribution in [-0.4, -0.2) is 38.8 Å². The third-order valence-electron chi connectivity index (χ3n) is 3.97. The molecule has 1 aliphatic heterocycles. The van der Waals surface area contributed by atoms with Crippen LogP contribution in [0.1, 0.15) is 31.4 Å². The molecule has 6 nitrogen and oxygen atoms in total. The van der Waals surface area contributed by atoms with Gasteiger partial charge >= 0.3 is 0 Å². The van der Waals surface area contributed by atoms with Crippen LogP contribution in [0.15, 0.2) is 36.8 Å². The molecule has 1 saturated heterocycles. The van der Waals surface area contributed by atoms with E-state index in [1.54, 1.807) is 30.4 Å². The van der Waals surface area contributed by atoms with E-state index in [4.69, 9.17) is 0 Å². The van der Waals surface area contributed by atoms with Gasteiger partial charge in [0.05, 0.1) is 5.69 Å². The largest absolute Gasteiger partial charge is 0.331 e. The first kappa shape index (κ1) is 15.9. The summed E-state index contributed by atoms with van der Waals surface area (Å²) < 4.78 is 0. The highest BCUT2D eigenvalue weighted by Gasteiger charge is 2.27. The van der Waals surface area contributed by atoms with Gasteiger partial charge in [-0.1, -0.05) is 12.0 Å². The molecule has 0 radical (unpaired) electrons. The van der Waals surface area contributed by atoms with E-state index in [1.807, 2.05) is 18.2 Å². The van der Waals surface area contributed by atoms with Crippen LogP contribution in [0, 0.1) is 11.8 Å². The standard InChI is InChI=1S/C18H19N5O/c1-2-6-16(24)23-12-5-7-14(13-23)17-18(21-11-10-20-17)22-15-8-3-4-9-19-15/h3-4,8-11,14H,5,7,12-13H2,1H3,(H,19,21,22). The normalized spacial score (nSPS) is 16.9. The molecule has 0 aliphatic carbocycles. The Kier molecular flexibility index (Phi) is 5.02. The topological polar surface area (TPSA) is 71.0 Å². The third-order valence-corrected chi connectivity index (χ3v) is 3.97. The van der Waals surface area contributed by atoms with Crippen LogP contribution >= 0.6 is 0 Å². The van der Waals surface area contributed by atoms with Crippen molar-refractivity contribution in [1.29, 1.82) is 0 Å². The summed E-state index contributed by atoms with van der Waals surface area (Å²) in [7, 11) is 0. The second-order valence-electron chi connectivity index (χ2n) is 5.60. The highest BCUT2D eigenvalue weighted by Crippen LogP contribution is 2.30. The van der Waals surface area contributed by atoms with Gasteiger partial charge in [-0.25, -0.2) is 9.97 Å². The predicted molar refractivity (Wildman–Crippen MR) is 91.6 cm³/mol. The van der Waals surface area contributed by atoms with Gasteiger partial charge in [0.25, 0.3) is 5.91 Å². The van der Waals surface area contributed by atoms with Crippen molar-refractivity contribution in [1.82, 2.24) is 19.9 Å². The number of hydrogen-bond donors (Lipinski definition) is 1. The molecule has 1 unspecified atom stereocenters. The van der Waals surface area contributed by atoms with Crippen molar-refractivity contribution in [3.05, 3.63) is 42.5 Å². The number of nitrogens with one attached hydrogen (secondary N) is 1. The highest BCUT2D eigenvalue weighted by molar-refractivity contribution is 5.93. The van der Waals surface area contributed by atoms with Crippen LogP contribution in [0.4, 0.5) is 11.6 Å². The maximum atomic E-state index is 12.0. The molecule has 1 N–H and O–H groups in total. The van der Waals surface area contributed by atoms with Crippen molar-refractivity contribution in [3.8, 4) is 11.8 Å². The molecule has 0 spiro atoms. The number of hydrogen-bond acceptors (Lipinski definition) is 5. The van der Waals surface area contributed by atoms with Gasteiger partial charge in [0.2, 0.25) is 0 Å². The molecule has 2 aromatic heterocycles. The predicted octanol–water partition coefficient (Wildman–Crippen LogP) is 2.34. The monoisotopic (exact) mass is 321 g/mol. The minimum atomic E-state index is -0.120. The van der Waals surface area contributed by atoms with Crippen molar-refractivity contribution >= 4 is 17.5 Å². The minimum absolute atomic E-state index is 0.120. The lowest BCUT2D eigenvalue weighted by Crippen LogP contribution is -2.38. The van der Waals surface area contributed by atoms with Crippen LogP contribution in [0.2, 0.25) is 0 Å². The minimum Gasteiger partial charge on any atom is -0.331 e. The lowest BCUT2D eigenvalue weighted by Gasteiger charge is -2.31. The summed E-state index contributed by atoms with van der Waals surface area (Å²) in [6.45, 7) is 3.03. The number of nitrogens with zero attached hydrogens (tertiary/aromatic N) is 4. The first-order valence-electron chi connectivity index (χ1n) is 7.98. The molecule has 1 aliphatic rings. The molecule has 6 heteroatoms. The molecule has 1 fully saturated rings. The highest BCUT2D eigenvalue weighted by atomic mass is 16.2. The molecule has 3 rings (SSSR count). The second-order valence-corrected chi connectivity index (χ2v) is 5.60. The number of carbonyl (C=O) groups excluding carboxylic acids is 1. The third kappa shape index (κ3) is 3.69. The van der Waals surface area contributed by atoms with Crippen molar-refractivity contribution in [2.24, 2.45) is 0 Å². The van der Waals surface area contributed by atoms with Gasteiger partial charge in [0, 0.05) is 37.6 Å². The number of anilines is 2. The molecule has 0 aromatic carbocycles. The van der Waals surface area contributed by atoms with E-state index in [0.717, 1.165) is 30.9 Å². The number of rotatable bonds is 3. The zero-order chi connectivity index (χ0) is 16.8. The number of aromatic nitrogens is 3. The summed E-state index contributed by atoms with van der Waals surface area (Å²) in [6.07, 6.45) is 6.97. The Hall–Kier alpha value is -2.94. The lowest BCUT2D eigenvalue weighted by atomic mass is 9.94. The molecule has 1 atom stereocenters. The summed E-state index contributed by atoms with van der Waals surface area (Å²) in [5.74, 6) is 6.72. The van der Waals surface area contributed by atoms with Gasteiger partial charge in [-0.15, -0.1) is 0 Å². The molecule has 0 bridgehead atoms. The molecular formula is C18H19N5O. The fourth-order valence-corrected chi connectivity index (χ4v) is 2.87. The maximum absolute atomic E-state index is 12.0. The summed E-state index contributed by atoms with van der Waals surface area (Å²) in [5.41, 5.74) is 0.866. The lowest BCUT2D eigenvalue weighted by molar-refractivity contribution is -0.126. The van der Waals surface area contributed by atoms with Gasteiger partial charge in [-0.2, -0.15) is 0 Å². The number of carbonyl (C=O) groups is 1. The molecule has 1 amide bonds. The quantitative estimate of drug-likeness (QED) is 0.879. The van der Waals surface area contributed by atoms with Crippen LogP contribution in [0.25, 0.3) is 0 Å². The van der Waals surface area contributed by atoms with E-state index in [0.29, 0.717) is 12.4 Å². The Morgan fingerprint density at radius 2 is 2.12 bits per heavy atom. The molecule has 2 aromatic rings. The second kappa shape index (κ2) is 7.55. The summed E-state index contributed by atoms with van der Waals surface area (Å²) in [6, 6.07) is 5.66. The summed E-state index contributed by atoms with van der Waals surface area (Å²) >= 11 is 0. The number of pyridine rings is 1. The number of amides is 1. The maximum Gasteiger partial charge on any atom is 0.298 e. The van der Waals surface area contributed by atoms with Gasteiger partial charge in [0.15, 0.2) is 5.82 Å². The van der Waals surface area contributed by atoms with E-state index < -0.39 is 0 Å². The average Bonchev–Trinajstić information content (AvgIpc) is 2.63. The van der Waals surface area contributed by atoms with Crippen LogP contribution in [0.3, 0.4) is 0 Å². The first-order chi connectivity index (χ1) is 11.8. The number of piperidine rings is 1. The van der Waals surface area contributed by atoms with Gasteiger partial charge < -0.3 is 10.2 Å². The Labute approximate surface area is 141 Å². The number of likely N-dealkylation sites (tertiary alicyclic amines) is 1. The Balaban J connectivity index is 1.81. The van der Waals surface area contributed by atoms with Gasteiger partial charge in [-0.3, -0.25) is 9.78 Å². The first-order valence-corrected chi connectivity index (χ1v) is 7.98. The van der Waals surface area contributed by atoms with Gasteiger partial charge in [0.1, 0.15) is 5.82 Å². The molecule has 3 heterocycles. The molecular weight excluding hydrogens is 302 g/mol. The van der Waals surface area contributed by atoms with Crippen LogP contribution in [0.5, 0.6) is 0 Å². The van der Waals surface area contributed by atoms with Crippen molar-refractivity contribution in [2.45, 2.75) is 25.7 Å². The molecule has 122 valence electrons. The van der Waals surface area contributed by atoms with E-state index in [1.165, 1.54) is 0 Å². The Morgan fingerprint density at radius 1 is 1.25 bits per heavy atom.